The second kappa shape index (κ2) is 6.66. The number of H-pyrrole nitrogens is 1. The Morgan fingerprint density at radius 1 is 1.73 bits per heavy atom. The number of carbonyl (C=O) groups is 1. The van der Waals surface area contributed by atoms with E-state index in [4.69, 9.17) is 0 Å². The molecule has 0 unspecified atom stereocenters. The van der Waals surface area contributed by atoms with E-state index in [0.29, 0.717) is 6.61 Å². The first-order valence-electron chi connectivity index (χ1n) is 3.07. The Labute approximate surface area is 63.9 Å². The highest BCUT2D eigenvalue weighted by atomic mass is 16.5. The molecule has 0 spiro atoms. The van der Waals surface area contributed by atoms with E-state index in [1.807, 2.05) is 0 Å². The number of nitrogens with zero attached hydrogens (tertiary/aromatic N) is 3. The predicted octanol–water partition coefficient (Wildman–Crippen LogP) is -0.231. The number of esters is 1. The Morgan fingerprint density at radius 3 is 2.55 bits per heavy atom. The summed E-state index contributed by atoms with van der Waals surface area (Å²) in [6.07, 6.45) is 1.33. The summed E-state index contributed by atoms with van der Waals surface area (Å²) >= 11 is 0. The van der Waals surface area contributed by atoms with Crippen LogP contribution in [0.4, 0.5) is 0 Å². The minimum absolute atomic E-state index is 0.211. The summed E-state index contributed by atoms with van der Waals surface area (Å²) in [4.78, 5) is 9.82. The second-order valence-corrected chi connectivity index (χ2v) is 1.48. The summed E-state index contributed by atoms with van der Waals surface area (Å²) in [5.74, 6) is -0.211. The predicted molar refractivity (Wildman–Crippen MR) is 36.5 cm³/mol. The molecule has 0 saturated heterocycles. The van der Waals surface area contributed by atoms with Gasteiger partial charge in [0.05, 0.1) is 6.61 Å². The van der Waals surface area contributed by atoms with Crippen LogP contribution in [0.15, 0.2) is 6.33 Å². The third-order valence-corrected chi connectivity index (χ3v) is 0.617. The van der Waals surface area contributed by atoms with Crippen molar-refractivity contribution < 1.29 is 9.53 Å². The normalized spacial score (nSPS) is 7.82. The van der Waals surface area contributed by atoms with Gasteiger partial charge in [0.15, 0.2) is 6.33 Å². The van der Waals surface area contributed by atoms with E-state index in [2.05, 4.69) is 25.4 Å². The maximum Gasteiger partial charge on any atom is 0.302 e. The maximum atomic E-state index is 9.82. The highest BCUT2D eigenvalue weighted by molar-refractivity contribution is 5.65. The monoisotopic (exact) mass is 158 g/mol. The fourth-order valence-electron chi connectivity index (χ4n) is 0.332. The zero-order valence-electron chi connectivity index (χ0n) is 6.44. The molecule has 0 aliphatic carbocycles. The smallest absolute Gasteiger partial charge is 0.302 e. The standard InChI is InChI=1S/C4H8O2.CH2N4/c1-3-6-4(2)5;1-2-4-5-3-1/h3H2,1-2H3;1H,(H,2,3,4,5). The van der Waals surface area contributed by atoms with Crippen LogP contribution in [0.2, 0.25) is 0 Å². The molecule has 0 radical (unpaired) electrons. The Morgan fingerprint density at radius 2 is 2.45 bits per heavy atom. The minimum atomic E-state index is -0.211. The molecule has 0 atom stereocenters. The fourth-order valence-corrected chi connectivity index (χ4v) is 0.332. The maximum absolute atomic E-state index is 9.82. The molecular weight excluding hydrogens is 148 g/mol. The van der Waals surface area contributed by atoms with E-state index >= 15 is 0 Å². The summed E-state index contributed by atoms with van der Waals surface area (Å²) in [6, 6.07) is 0. The molecule has 6 heteroatoms. The van der Waals surface area contributed by atoms with E-state index < -0.39 is 0 Å². The van der Waals surface area contributed by atoms with Gasteiger partial charge in [0, 0.05) is 6.92 Å². The van der Waals surface area contributed by atoms with Gasteiger partial charge >= 0.3 is 5.97 Å². The molecule has 62 valence electrons. The summed E-state index contributed by atoms with van der Waals surface area (Å²) < 4.78 is 4.40. The lowest BCUT2D eigenvalue weighted by molar-refractivity contribution is -0.140. The second-order valence-electron chi connectivity index (χ2n) is 1.48. The summed E-state index contributed by atoms with van der Waals surface area (Å²) in [5.41, 5.74) is 0. The number of tetrazole rings is 1. The Bertz CT molecular complexity index is 157. The van der Waals surface area contributed by atoms with Gasteiger partial charge in [-0.2, -0.15) is 5.21 Å². The van der Waals surface area contributed by atoms with Crippen molar-refractivity contribution >= 4 is 5.97 Å². The van der Waals surface area contributed by atoms with Crippen LogP contribution in [0.5, 0.6) is 0 Å². The van der Waals surface area contributed by atoms with Gasteiger partial charge in [-0.25, -0.2) is 0 Å². The first-order chi connectivity index (χ1) is 5.27. The summed E-state index contributed by atoms with van der Waals surface area (Å²) in [5, 5.41) is 12.2. The molecule has 0 amide bonds. The van der Waals surface area contributed by atoms with E-state index in [1.165, 1.54) is 13.3 Å². The van der Waals surface area contributed by atoms with E-state index in [0.717, 1.165) is 0 Å². The van der Waals surface area contributed by atoms with Crippen molar-refractivity contribution in [1.82, 2.24) is 20.6 Å². The highest BCUT2D eigenvalue weighted by Gasteiger charge is 1.81. The number of nitrogens with one attached hydrogen (secondary N) is 1. The molecule has 0 bridgehead atoms. The number of rotatable bonds is 1. The molecule has 0 aromatic carbocycles. The van der Waals surface area contributed by atoms with Gasteiger partial charge in [-0.1, -0.05) is 5.21 Å². The van der Waals surface area contributed by atoms with Crippen molar-refractivity contribution in [2.75, 3.05) is 6.61 Å². The molecule has 0 aliphatic rings. The number of ether oxygens (including phenoxy) is 1. The van der Waals surface area contributed by atoms with Crippen molar-refractivity contribution in [3.8, 4) is 0 Å². The Hall–Kier alpha value is -1.46. The van der Waals surface area contributed by atoms with Gasteiger partial charge < -0.3 is 4.74 Å². The SMILES string of the molecule is CCOC(C)=O.c1nn[nH]n1. The number of aromatic nitrogens is 4. The highest BCUT2D eigenvalue weighted by Crippen LogP contribution is 1.69. The molecule has 6 nitrogen and oxygen atoms in total. The number of carbonyl (C=O) groups excluding carboxylic acids is 1. The number of aromatic amines is 1. The third-order valence-electron chi connectivity index (χ3n) is 0.617. The molecule has 1 aromatic heterocycles. The fraction of sp³-hybridized carbons (Fsp3) is 0.600. The van der Waals surface area contributed by atoms with Crippen LogP contribution in [0.1, 0.15) is 13.8 Å². The van der Waals surface area contributed by atoms with Crippen LogP contribution < -0.4 is 0 Å². The molecule has 11 heavy (non-hydrogen) atoms. The van der Waals surface area contributed by atoms with Gasteiger partial charge in [-0.15, -0.1) is 10.2 Å². The van der Waals surface area contributed by atoms with Crippen LogP contribution >= 0.6 is 0 Å². The van der Waals surface area contributed by atoms with E-state index in [-0.39, 0.29) is 5.97 Å². The van der Waals surface area contributed by atoms with Crippen LogP contribution in [-0.4, -0.2) is 33.2 Å². The van der Waals surface area contributed by atoms with Gasteiger partial charge in [0.1, 0.15) is 0 Å². The lowest BCUT2D eigenvalue weighted by Gasteiger charge is -1.89. The zero-order chi connectivity index (χ0) is 8.53. The lowest BCUT2D eigenvalue weighted by atomic mass is 10.8. The summed E-state index contributed by atoms with van der Waals surface area (Å²) in [6.45, 7) is 3.65. The van der Waals surface area contributed by atoms with Crippen LogP contribution in [0.25, 0.3) is 0 Å². The third kappa shape index (κ3) is 8.54. The molecule has 1 heterocycles. The molecule has 0 fully saturated rings. The van der Waals surface area contributed by atoms with Gasteiger partial charge in [0.2, 0.25) is 0 Å². The lowest BCUT2D eigenvalue weighted by Crippen LogP contribution is -1.95. The first kappa shape index (κ1) is 9.54. The van der Waals surface area contributed by atoms with Crippen LogP contribution in [-0.2, 0) is 9.53 Å². The van der Waals surface area contributed by atoms with Gasteiger partial charge in [-0.3, -0.25) is 4.79 Å². The van der Waals surface area contributed by atoms with Crippen molar-refractivity contribution in [1.29, 1.82) is 0 Å². The van der Waals surface area contributed by atoms with Crippen molar-refractivity contribution in [3.05, 3.63) is 6.33 Å². The van der Waals surface area contributed by atoms with Crippen molar-refractivity contribution in [3.63, 3.8) is 0 Å². The quantitative estimate of drug-likeness (QED) is 0.571. The van der Waals surface area contributed by atoms with Crippen LogP contribution in [0.3, 0.4) is 0 Å². The minimum Gasteiger partial charge on any atom is -0.466 e. The van der Waals surface area contributed by atoms with Gasteiger partial charge in [-0.05, 0) is 6.92 Å². The number of hydrogen-bond donors (Lipinski definition) is 1. The number of hydrogen-bond acceptors (Lipinski definition) is 5. The van der Waals surface area contributed by atoms with E-state index in [1.54, 1.807) is 6.92 Å². The van der Waals surface area contributed by atoms with Crippen molar-refractivity contribution in [2.45, 2.75) is 13.8 Å². The molecular formula is C5H10N4O2. The van der Waals surface area contributed by atoms with Gasteiger partial charge in [0.25, 0.3) is 0 Å². The topological polar surface area (TPSA) is 80.8 Å². The van der Waals surface area contributed by atoms with Crippen LogP contribution in [0, 0.1) is 0 Å². The largest absolute Gasteiger partial charge is 0.466 e. The Kier molecular flexibility index (Phi) is 5.77. The average Bonchev–Trinajstić information content (AvgIpc) is 2.41. The molecule has 0 aliphatic heterocycles. The first-order valence-corrected chi connectivity index (χ1v) is 3.07. The molecule has 1 aromatic rings. The zero-order valence-corrected chi connectivity index (χ0v) is 6.44. The molecule has 1 N–H and O–H groups in total. The Balaban J connectivity index is 0.000000183. The molecule has 0 saturated carbocycles. The van der Waals surface area contributed by atoms with Crippen molar-refractivity contribution in [2.24, 2.45) is 0 Å². The molecule has 1 rings (SSSR count). The van der Waals surface area contributed by atoms with E-state index in [9.17, 15) is 4.79 Å². The summed E-state index contributed by atoms with van der Waals surface area (Å²) in [7, 11) is 0. The average molecular weight is 158 g/mol.